The van der Waals surface area contributed by atoms with Crippen molar-refractivity contribution in [3.05, 3.63) is 129 Å². The highest BCUT2D eigenvalue weighted by molar-refractivity contribution is 9.10. The van der Waals surface area contributed by atoms with Gasteiger partial charge in [0, 0.05) is 15.4 Å². The van der Waals surface area contributed by atoms with E-state index >= 15 is 4.79 Å². The van der Waals surface area contributed by atoms with Gasteiger partial charge in [0.25, 0.3) is 11.8 Å². The number of nitrogens with one attached hydrogen (secondary N) is 1. The number of carbonyl (C=O) groups excluding carboxylic acids is 4. The Morgan fingerprint density at radius 2 is 1.55 bits per heavy atom. The Bertz CT molecular complexity index is 2270. The number of phenols is 1. The largest absolute Gasteiger partial charge is 0.502 e. The van der Waals surface area contributed by atoms with Crippen LogP contribution in [-0.2, 0) is 24.6 Å². The number of amides is 4. The van der Waals surface area contributed by atoms with E-state index in [0.29, 0.717) is 27.5 Å². The molecule has 4 aromatic carbocycles. The summed E-state index contributed by atoms with van der Waals surface area (Å²) in [5.74, 6) is -5.94. The number of allylic oxidation sites excluding steroid dienone is 3. The maximum Gasteiger partial charge on any atom is 0.260 e. The van der Waals surface area contributed by atoms with Crippen LogP contribution in [0.2, 0.25) is 5.02 Å². The van der Waals surface area contributed by atoms with Crippen LogP contribution in [0.3, 0.4) is 0 Å². The molecule has 4 aromatic rings. The van der Waals surface area contributed by atoms with Crippen LogP contribution < -0.4 is 19.8 Å². The number of rotatable bonds is 8. The van der Waals surface area contributed by atoms with Gasteiger partial charge in [-0.25, -0.2) is 4.39 Å². The van der Waals surface area contributed by atoms with E-state index in [2.05, 4.69) is 21.4 Å². The number of fused-ring (bicyclic) bond motifs is 4. The van der Waals surface area contributed by atoms with E-state index in [4.69, 9.17) is 21.1 Å². The van der Waals surface area contributed by atoms with Crippen molar-refractivity contribution >= 4 is 68.6 Å². The van der Waals surface area contributed by atoms with E-state index in [1.165, 1.54) is 43.4 Å². The van der Waals surface area contributed by atoms with E-state index < -0.39 is 52.6 Å². The molecule has 13 heteroatoms. The lowest BCUT2D eigenvalue weighted by Gasteiger charge is -2.49. The fourth-order valence-electron chi connectivity index (χ4n) is 8.96. The Kier molecular flexibility index (Phi) is 9.29. The average molecular weight is 827 g/mol. The van der Waals surface area contributed by atoms with E-state index in [9.17, 15) is 23.9 Å². The molecular formula is C42H34BrClFN3O7. The summed E-state index contributed by atoms with van der Waals surface area (Å²) in [5.41, 5.74) is 4.03. The zero-order valence-corrected chi connectivity index (χ0v) is 31.9. The van der Waals surface area contributed by atoms with E-state index in [1.807, 2.05) is 12.2 Å². The number of hydrogen-bond donors (Lipinski definition) is 2. The molecule has 4 aliphatic rings. The van der Waals surface area contributed by atoms with Crippen LogP contribution in [-0.4, -0.2) is 48.0 Å². The number of ether oxygens (including phenoxy) is 2. The van der Waals surface area contributed by atoms with Crippen molar-refractivity contribution in [3.8, 4) is 17.2 Å². The van der Waals surface area contributed by atoms with Crippen molar-refractivity contribution in [1.29, 1.82) is 0 Å². The third-order valence-corrected chi connectivity index (χ3v) is 12.2. The summed E-state index contributed by atoms with van der Waals surface area (Å²) >= 11 is 9.80. The van der Waals surface area contributed by atoms with Gasteiger partial charge in [-0.3, -0.25) is 29.5 Å². The Balaban J connectivity index is 1.31. The number of benzene rings is 4. The minimum Gasteiger partial charge on any atom is -0.502 e. The molecule has 0 radical (unpaired) electrons. The summed E-state index contributed by atoms with van der Waals surface area (Å²) in [4.78, 5) is 59.8. The molecule has 3 fully saturated rings. The number of hydrazine groups is 1. The molecule has 2 aliphatic carbocycles. The van der Waals surface area contributed by atoms with Crippen LogP contribution in [0, 0.1) is 35.4 Å². The molecule has 2 N–H and O–H groups in total. The van der Waals surface area contributed by atoms with Crippen LogP contribution in [0.15, 0.2) is 107 Å². The molecule has 0 unspecified atom stereocenters. The molecule has 2 heterocycles. The SMILES string of the molecule is COc1cc(C=C[C@H]2C3=CC[C@@H]4C(=O)N(c5ccc(Br)cc5)C(=O)[C@@H]4[C@@H]3C[C@H]3C(=O)N(Nc4ccc(F)cc4)C(=O)[C@@]23c2ccc(Cl)cc2)cc(OC)c1O. The molecule has 0 aromatic heterocycles. The molecule has 4 amide bonds. The Hall–Kier alpha value is -5.46. The second kappa shape index (κ2) is 14.0. The minimum atomic E-state index is -1.54. The summed E-state index contributed by atoms with van der Waals surface area (Å²) in [5, 5.41) is 12.0. The number of anilines is 2. The van der Waals surface area contributed by atoms with Gasteiger partial charge in [-0.2, -0.15) is 5.01 Å². The first-order valence-corrected chi connectivity index (χ1v) is 18.8. The van der Waals surface area contributed by atoms with Crippen LogP contribution in [0.4, 0.5) is 15.8 Å². The van der Waals surface area contributed by atoms with Crippen LogP contribution >= 0.6 is 27.5 Å². The number of aromatic hydroxyl groups is 1. The normalized spacial score (nSPS) is 25.8. The highest BCUT2D eigenvalue weighted by Gasteiger charge is 2.69. The van der Waals surface area contributed by atoms with Crippen molar-refractivity contribution < 1.29 is 38.1 Å². The lowest BCUT2D eigenvalue weighted by atomic mass is 9.50. The van der Waals surface area contributed by atoms with E-state index in [0.717, 1.165) is 15.1 Å². The number of nitrogens with zero attached hydrogens (tertiary/aromatic N) is 2. The predicted molar refractivity (Wildman–Crippen MR) is 207 cm³/mol. The Labute approximate surface area is 329 Å². The average Bonchev–Trinajstić information content (AvgIpc) is 3.56. The number of hydrogen-bond acceptors (Lipinski definition) is 8. The summed E-state index contributed by atoms with van der Waals surface area (Å²) in [7, 11) is 2.83. The lowest BCUT2D eigenvalue weighted by molar-refractivity contribution is -0.139. The number of carbonyl (C=O) groups is 4. The van der Waals surface area contributed by atoms with Gasteiger partial charge in [-0.1, -0.05) is 63.5 Å². The van der Waals surface area contributed by atoms with Crippen LogP contribution in [0.25, 0.3) is 6.08 Å². The third-order valence-electron chi connectivity index (χ3n) is 11.4. The molecule has 8 rings (SSSR count). The second-order valence-corrected chi connectivity index (χ2v) is 15.4. The first-order chi connectivity index (χ1) is 26.5. The highest BCUT2D eigenvalue weighted by atomic mass is 79.9. The molecular weight excluding hydrogens is 793 g/mol. The van der Waals surface area contributed by atoms with E-state index in [-0.39, 0.29) is 41.9 Å². The van der Waals surface area contributed by atoms with E-state index in [1.54, 1.807) is 66.7 Å². The quantitative estimate of drug-likeness (QED) is 0.137. The van der Waals surface area contributed by atoms with Crippen molar-refractivity contribution in [2.24, 2.45) is 29.6 Å². The van der Waals surface area contributed by atoms with Gasteiger partial charge in [0.05, 0.1) is 48.8 Å². The smallest absolute Gasteiger partial charge is 0.260 e. The molecule has 2 aliphatic heterocycles. The highest BCUT2D eigenvalue weighted by Crippen LogP contribution is 2.62. The zero-order chi connectivity index (χ0) is 38.8. The van der Waals surface area contributed by atoms with Crippen molar-refractivity contribution in [3.63, 3.8) is 0 Å². The summed E-state index contributed by atoms with van der Waals surface area (Å²) < 4.78 is 25.5. The fourth-order valence-corrected chi connectivity index (χ4v) is 9.35. The summed E-state index contributed by atoms with van der Waals surface area (Å²) in [6, 6.07) is 22.3. The molecule has 0 bridgehead atoms. The fraction of sp³-hybridized carbons (Fsp3) is 0.238. The van der Waals surface area contributed by atoms with Gasteiger partial charge in [0.2, 0.25) is 17.6 Å². The van der Waals surface area contributed by atoms with Crippen molar-refractivity contribution in [2.45, 2.75) is 18.3 Å². The Morgan fingerprint density at radius 1 is 0.891 bits per heavy atom. The van der Waals surface area contributed by atoms with Crippen molar-refractivity contribution in [1.82, 2.24) is 5.01 Å². The maximum absolute atomic E-state index is 15.2. The first kappa shape index (κ1) is 36.5. The standard InChI is InChI=1S/C42H34BrClFN3O7/c1-54-34-19-22(20-35(55-2)37(34)49)3-18-32-29-16-17-30-36(40(52)47(38(30)50)28-14-6-24(43)7-15-28)31(29)21-33-39(51)48(46-27-12-10-26(45)11-13-27)41(53)42(32,33)23-4-8-25(44)9-5-23/h3-16,18-20,30-33,36,46,49H,17,21H2,1-2H3/t30-,31+,32-,33-,36-,42-/m0/s1. The molecule has 0 spiro atoms. The molecule has 55 heavy (non-hydrogen) atoms. The van der Waals surface area contributed by atoms with Gasteiger partial charge in [-0.15, -0.1) is 0 Å². The van der Waals surface area contributed by atoms with Crippen LogP contribution in [0.5, 0.6) is 17.2 Å². The monoisotopic (exact) mass is 825 g/mol. The zero-order valence-electron chi connectivity index (χ0n) is 29.5. The first-order valence-electron chi connectivity index (χ1n) is 17.6. The molecule has 280 valence electrons. The van der Waals surface area contributed by atoms with Gasteiger partial charge < -0.3 is 14.6 Å². The minimum absolute atomic E-state index is 0.0974. The number of imide groups is 2. The molecule has 1 saturated carbocycles. The van der Waals surface area contributed by atoms with Gasteiger partial charge in [-0.05, 0) is 103 Å². The van der Waals surface area contributed by atoms with Gasteiger partial charge in [0.15, 0.2) is 11.5 Å². The molecule has 6 atom stereocenters. The molecule has 2 saturated heterocycles. The predicted octanol–water partition coefficient (Wildman–Crippen LogP) is 7.70. The van der Waals surface area contributed by atoms with Crippen molar-refractivity contribution in [2.75, 3.05) is 24.5 Å². The van der Waals surface area contributed by atoms with Gasteiger partial charge >= 0.3 is 0 Å². The Morgan fingerprint density at radius 3 is 2.18 bits per heavy atom. The molecule has 10 nitrogen and oxygen atoms in total. The number of methoxy groups -OCH3 is 2. The lowest BCUT2D eigenvalue weighted by Crippen LogP contribution is -2.54. The topological polar surface area (TPSA) is 125 Å². The number of halogens is 3. The summed E-state index contributed by atoms with van der Waals surface area (Å²) in [6.45, 7) is 0. The second-order valence-electron chi connectivity index (χ2n) is 14.0. The maximum atomic E-state index is 15.2. The third kappa shape index (κ3) is 5.81. The number of phenolic OH excluding ortho intramolecular Hbond substituents is 1. The summed E-state index contributed by atoms with van der Waals surface area (Å²) in [6.07, 6.45) is 5.91. The van der Waals surface area contributed by atoms with Crippen LogP contribution in [0.1, 0.15) is 24.0 Å². The van der Waals surface area contributed by atoms with Gasteiger partial charge in [0.1, 0.15) is 5.82 Å².